The van der Waals surface area contributed by atoms with Crippen LogP contribution in [0.1, 0.15) is 1.43 Å². The smallest absolute Gasteiger partial charge is 1.00 e. The van der Waals surface area contributed by atoms with Gasteiger partial charge in [0.15, 0.2) is 0 Å². The predicted octanol–water partition coefficient (Wildman–Crippen LogP) is -2.88. The van der Waals surface area contributed by atoms with Crippen molar-refractivity contribution in [2.45, 2.75) is 0 Å². The quantitative estimate of drug-likeness (QED) is 0.318. The molecule has 0 saturated heterocycles. The normalized spacial score (nSPS) is 0. The van der Waals surface area contributed by atoms with E-state index in [4.69, 9.17) is 0 Å². The van der Waals surface area contributed by atoms with Crippen LogP contribution >= 0.6 is 0 Å². The molecule has 0 aliphatic heterocycles. The molecule has 0 atom stereocenters. The molecule has 4 heavy (non-hydrogen) atoms. The van der Waals surface area contributed by atoms with Gasteiger partial charge in [0.25, 0.3) is 0 Å². The van der Waals surface area contributed by atoms with Gasteiger partial charge in [-0.3, -0.25) is 0 Å². The van der Waals surface area contributed by atoms with Crippen molar-refractivity contribution in [2.75, 3.05) is 0 Å². The van der Waals surface area contributed by atoms with Gasteiger partial charge in [0.1, 0.15) is 0 Å². The van der Waals surface area contributed by atoms with Gasteiger partial charge < -0.3 is 1.43 Å². The van der Waals surface area contributed by atoms with E-state index < -0.39 is 0 Å². The van der Waals surface area contributed by atoms with E-state index in [0.717, 1.165) is 0 Å². The third-order valence-electron chi connectivity index (χ3n) is 0. The fraction of sp³-hybridized carbons (Fsp3) is 0. The van der Waals surface area contributed by atoms with Gasteiger partial charge in [-0.25, -0.2) is 0 Å². The fourth-order valence-corrected chi connectivity index (χ4v) is 0. The first-order chi connectivity index (χ1) is 0. The zero-order valence-corrected chi connectivity index (χ0v) is 8.75. The molecule has 0 saturated carbocycles. The monoisotopic (exact) mass is 493 g/mol. The van der Waals surface area contributed by atoms with Crippen molar-refractivity contribution in [2.24, 2.45) is 0 Å². The first-order valence-electron chi connectivity index (χ1n) is 0. The molecule has 0 nitrogen and oxygen atoms in total. The Hall–Kier alpha value is 4.70. The van der Waals surface area contributed by atoms with Gasteiger partial charge >= 0.3 is 18.9 Å². The maximum Gasteiger partial charge on any atom is 1.00 e. The van der Waals surface area contributed by atoms with Gasteiger partial charge in [-0.05, 0) is 0 Å². The van der Waals surface area contributed by atoms with Crippen LogP contribution in [0, 0.1) is 125 Å². The van der Waals surface area contributed by atoms with E-state index in [1.165, 1.54) is 0 Å². The van der Waals surface area contributed by atoms with Crippen LogP contribution in [0.2, 0.25) is 0 Å². The molecule has 0 aromatic carbocycles. The Labute approximate surface area is 140 Å². The Bertz CT molecular complexity index is 11.6. The molecule has 0 amide bonds. The van der Waals surface area contributed by atoms with Crippen molar-refractivity contribution < 1.29 is 145 Å². The molecule has 0 unspecified atom stereocenters. The van der Waals surface area contributed by atoms with Gasteiger partial charge in [0.2, 0.25) is 0 Å². The average molecular weight is 494 g/mol. The molecule has 0 spiro atoms. The van der Waals surface area contributed by atoms with Crippen molar-refractivity contribution in [3.8, 4) is 0 Å². The molecule has 0 heterocycles. The van der Waals surface area contributed by atoms with Gasteiger partial charge in [-0.1, -0.05) is 0 Å². The second-order valence-electron chi connectivity index (χ2n) is 0. The molecule has 0 aliphatic carbocycles. The maximum atomic E-state index is 0. The Morgan fingerprint density at radius 3 is 1.25 bits per heavy atom. The van der Waals surface area contributed by atoms with E-state index >= 15 is 0 Å². The molecule has 0 fully saturated rings. The minimum absolute atomic E-state index is 0. The second-order valence-corrected chi connectivity index (χ2v) is 0. The van der Waals surface area contributed by atoms with Crippen molar-refractivity contribution in [1.29, 1.82) is 0 Å². The molecule has 0 aliphatic rings. The van der Waals surface area contributed by atoms with Crippen LogP contribution in [0.3, 0.4) is 0 Å². The van der Waals surface area contributed by atoms with Crippen LogP contribution in [0.15, 0.2) is 0 Å². The molecule has 0 bridgehead atoms. The summed E-state index contributed by atoms with van der Waals surface area (Å²) >= 11 is 0. The van der Waals surface area contributed by atoms with E-state index in [1.807, 2.05) is 0 Å². The first-order valence-corrected chi connectivity index (χ1v) is 0. The summed E-state index contributed by atoms with van der Waals surface area (Å²) in [6.45, 7) is 0. The van der Waals surface area contributed by atoms with Gasteiger partial charge in [-0.15, -0.1) is 0 Å². The molecule has 0 rings (SSSR count). The van der Waals surface area contributed by atoms with E-state index in [9.17, 15) is 0 Å². The molecular weight excluding hydrogens is 493 g/mol. The number of hydrogen-bond acceptors (Lipinski definition) is 0. The largest absolute Gasteiger partial charge is 1.00 e. The molecule has 33 valence electrons. The Balaban J connectivity index is 0. The minimum atomic E-state index is 0. The summed E-state index contributed by atoms with van der Waals surface area (Å²) in [5.41, 5.74) is 0. The maximum absolute atomic E-state index is 0. The summed E-state index contributed by atoms with van der Waals surface area (Å²) in [6.07, 6.45) is 0. The number of rotatable bonds is 0. The number of hydrogen-bond donors (Lipinski definition) is 0. The van der Waals surface area contributed by atoms with Gasteiger partial charge in [0.05, 0.1) is 0 Å². The summed E-state index contributed by atoms with van der Waals surface area (Å²) in [4.78, 5) is 0. The topological polar surface area (TPSA) is 0 Å². The van der Waals surface area contributed by atoms with Crippen LogP contribution < -0.4 is 18.9 Å². The SMILES string of the molecule is [H-].[Li+].[Nd].[Tm].[Yb]. The molecular formula is HLiNdTmYb. The third-order valence-corrected chi connectivity index (χ3v) is 0. The minimum Gasteiger partial charge on any atom is -1.00 e. The second kappa shape index (κ2) is 15.6. The van der Waals surface area contributed by atoms with Crippen LogP contribution in [0.4, 0.5) is 0 Å². The van der Waals surface area contributed by atoms with E-state index in [0.29, 0.717) is 0 Å². The Morgan fingerprint density at radius 2 is 1.25 bits per heavy atom. The summed E-state index contributed by atoms with van der Waals surface area (Å²) in [5.74, 6) is 0. The van der Waals surface area contributed by atoms with E-state index in [2.05, 4.69) is 0 Å². The van der Waals surface area contributed by atoms with Crippen LogP contribution in [-0.2, 0) is 0 Å². The molecule has 0 N–H and O–H groups in total. The fourth-order valence-electron chi connectivity index (χ4n) is 0. The van der Waals surface area contributed by atoms with Crippen molar-refractivity contribution in [3.05, 3.63) is 0 Å². The molecule has 0 aromatic heterocycles. The Morgan fingerprint density at radius 1 is 1.25 bits per heavy atom. The van der Waals surface area contributed by atoms with Gasteiger partial charge in [-0.2, -0.15) is 0 Å². The van der Waals surface area contributed by atoms with Crippen LogP contribution in [0.5, 0.6) is 0 Å². The van der Waals surface area contributed by atoms with Crippen molar-refractivity contribution in [3.63, 3.8) is 0 Å². The van der Waals surface area contributed by atoms with E-state index in [-0.39, 0.29) is 145 Å². The molecule has 4 heteroatoms. The summed E-state index contributed by atoms with van der Waals surface area (Å²) in [6, 6.07) is 0. The zero-order valence-electron chi connectivity index (χ0n) is 3.04. The zero-order chi connectivity index (χ0) is 0. The predicted molar refractivity (Wildman–Crippen MR) is 1.11 cm³/mol. The van der Waals surface area contributed by atoms with Crippen molar-refractivity contribution in [1.82, 2.24) is 0 Å². The van der Waals surface area contributed by atoms with Gasteiger partial charge in [0, 0.05) is 125 Å². The summed E-state index contributed by atoms with van der Waals surface area (Å²) in [5, 5.41) is 0. The van der Waals surface area contributed by atoms with Crippen LogP contribution in [0.25, 0.3) is 0 Å². The first kappa shape index (κ1) is 23.3. The average Bonchev–Trinajstić information content (AvgIpc) is 0. The van der Waals surface area contributed by atoms with Crippen molar-refractivity contribution >= 4 is 0 Å². The van der Waals surface area contributed by atoms with Crippen LogP contribution in [-0.4, -0.2) is 0 Å². The summed E-state index contributed by atoms with van der Waals surface area (Å²) in [7, 11) is 0. The third kappa shape index (κ3) is 9.86. The molecule has 0 aromatic rings. The molecule has 1 radical (unpaired) electrons. The Kier molecular flexibility index (Phi) is 91.3. The van der Waals surface area contributed by atoms with E-state index in [1.54, 1.807) is 0 Å². The summed E-state index contributed by atoms with van der Waals surface area (Å²) < 4.78 is 0. The standard InChI is InChI=1S/Li.Nd.Tm.Yb.H/q+1;;;;-1.